The van der Waals surface area contributed by atoms with E-state index in [1.807, 2.05) is 73.1 Å². The number of urea groups is 1. The van der Waals surface area contributed by atoms with Gasteiger partial charge in [0.1, 0.15) is 12.6 Å². The molecule has 56 heavy (non-hydrogen) atoms. The van der Waals surface area contributed by atoms with E-state index in [0.29, 0.717) is 38.8 Å². The van der Waals surface area contributed by atoms with E-state index in [4.69, 9.17) is 4.74 Å². The topological polar surface area (TPSA) is 149 Å². The Balaban J connectivity index is 1.31. The number of ether oxygens (including phenoxy) is 1. The van der Waals surface area contributed by atoms with Crippen LogP contribution in [0.15, 0.2) is 77.8 Å². The number of thiazole rings is 2. The lowest BCUT2D eigenvalue weighted by Crippen LogP contribution is -2.55. The van der Waals surface area contributed by atoms with E-state index in [1.54, 1.807) is 35.0 Å². The fraction of sp³-hybridized carbons (Fsp3) is 0.463. The van der Waals surface area contributed by atoms with Gasteiger partial charge < -0.3 is 35.4 Å². The first-order valence-electron chi connectivity index (χ1n) is 19.1. The van der Waals surface area contributed by atoms with Crippen molar-refractivity contribution in [3.05, 3.63) is 104 Å². The number of likely N-dealkylation sites (N-methyl/N-ethyl adjacent to an activating group) is 1. The molecule has 0 radical (unpaired) electrons. The van der Waals surface area contributed by atoms with Crippen LogP contribution in [0.4, 0.5) is 9.59 Å². The molecule has 0 aliphatic carbocycles. The molecule has 2 aromatic carbocycles. The summed E-state index contributed by atoms with van der Waals surface area (Å²) in [6, 6.07) is 17.5. The van der Waals surface area contributed by atoms with Gasteiger partial charge in [0, 0.05) is 62.8 Å². The molecule has 300 valence electrons. The van der Waals surface area contributed by atoms with E-state index in [9.17, 15) is 19.2 Å². The number of hydrogen-bond acceptors (Lipinski definition) is 10. The molecule has 15 heteroatoms. The summed E-state index contributed by atoms with van der Waals surface area (Å²) >= 11 is 2.97. The minimum atomic E-state index is -1.11. The molecule has 1 fully saturated rings. The third-order valence-corrected chi connectivity index (χ3v) is 11.6. The molecule has 0 bridgehead atoms. The van der Waals surface area contributed by atoms with Gasteiger partial charge in [0.2, 0.25) is 11.8 Å². The first-order chi connectivity index (χ1) is 27.0. The maximum Gasteiger partial charge on any atom is 0.407 e. The highest BCUT2D eigenvalue weighted by molar-refractivity contribution is 7.09. The van der Waals surface area contributed by atoms with Gasteiger partial charge in [0.05, 0.1) is 34.1 Å². The molecule has 2 aromatic heterocycles. The van der Waals surface area contributed by atoms with Gasteiger partial charge in [-0.15, -0.1) is 22.7 Å². The number of carbonyl (C=O) groups excluding carboxylic acids is 4. The van der Waals surface area contributed by atoms with Crippen LogP contribution in [-0.4, -0.2) is 107 Å². The Hall–Kier alpha value is -4.86. The van der Waals surface area contributed by atoms with E-state index in [2.05, 4.69) is 44.7 Å². The van der Waals surface area contributed by atoms with Crippen molar-refractivity contribution in [1.82, 2.24) is 40.6 Å². The molecule has 0 unspecified atom stereocenters. The maximum absolute atomic E-state index is 14.3. The first kappa shape index (κ1) is 42.3. The minimum absolute atomic E-state index is 0.124. The molecule has 3 N–H and O–H groups in total. The Labute approximate surface area is 337 Å². The molecule has 5 rings (SSSR count). The molecular formula is C41H54N8O5S2. The monoisotopic (exact) mass is 802 g/mol. The van der Waals surface area contributed by atoms with E-state index >= 15 is 0 Å². The Morgan fingerprint density at radius 3 is 2.05 bits per heavy atom. The van der Waals surface area contributed by atoms with Gasteiger partial charge >= 0.3 is 12.1 Å². The average molecular weight is 803 g/mol. The summed E-state index contributed by atoms with van der Waals surface area (Å²) < 4.78 is 5.52. The van der Waals surface area contributed by atoms with Crippen LogP contribution >= 0.6 is 22.7 Å². The summed E-state index contributed by atoms with van der Waals surface area (Å²) in [6.07, 6.45) is 3.06. The molecule has 0 saturated carbocycles. The summed E-state index contributed by atoms with van der Waals surface area (Å²) in [5, 5.41) is 12.0. The van der Waals surface area contributed by atoms with Gasteiger partial charge in [-0.3, -0.25) is 14.6 Å². The lowest BCUT2D eigenvalue weighted by molar-refractivity contribution is -0.136. The molecule has 3 atom stereocenters. The number of rotatable bonds is 18. The van der Waals surface area contributed by atoms with Crippen LogP contribution in [0, 0.1) is 0 Å². The normalized spacial score (nSPS) is 14.8. The molecule has 1 aliphatic rings. The van der Waals surface area contributed by atoms with Crippen molar-refractivity contribution in [3.8, 4) is 0 Å². The number of benzene rings is 2. The van der Waals surface area contributed by atoms with Gasteiger partial charge in [-0.05, 0) is 43.9 Å². The fourth-order valence-corrected chi connectivity index (χ4v) is 7.75. The van der Waals surface area contributed by atoms with Gasteiger partial charge in [-0.1, -0.05) is 74.5 Å². The zero-order chi connectivity index (χ0) is 39.9. The predicted octanol–water partition coefficient (Wildman–Crippen LogP) is 5.44. The standard InChI is InChI=1S/C41H54N8O5S2/c1-29(2)39-44-34(27-55-39)25-48(4)40(52)46-36(23-37(50)49-19-17-47(3)18-20-49)38(51)43-32(21-30-11-7-5-8-12-30)15-16-33(22-31-13-9-6-10-14-31)45-41(53)54-26-35-24-42-28-56-35/h5-14,24,27-29,32-33,36H,15-23,25-26H2,1-4H3,(H,43,51)(H,45,53)(H,46,52)/t32-,33-,36+/m1/s1. The van der Waals surface area contributed by atoms with Crippen LogP contribution in [0.25, 0.3) is 0 Å². The van der Waals surface area contributed by atoms with Gasteiger partial charge in [-0.25, -0.2) is 14.6 Å². The maximum atomic E-state index is 14.3. The minimum Gasteiger partial charge on any atom is -0.444 e. The van der Waals surface area contributed by atoms with Gasteiger partial charge in [-0.2, -0.15) is 0 Å². The second-order valence-electron chi connectivity index (χ2n) is 14.6. The lowest BCUT2D eigenvalue weighted by atomic mass is 9.95. The van der Waals surface area contributed by atoms with Gasteiger partial charge in [0.15, 0.2) is 0 Å². The van der Waals surface area contributed by atoms with Crippen molar-refractivity contribution in [1.29, 1.82) is 0 Å². The van der Waals surface area contributed by atoms with Crippen molar-refractivity contribution in [2.75, 3.05) is 40.3 Å². The summed E-state index contributed by atoms with van der Waals surface area (Å²) in [7, 11) is 3.67. The van der Waals surface area contributed by atoms with Crippen LogP contribution in [0.5, 0.6) is 0 Å². The molecular weight excluding hydrogens is 749 g/mol. The van der Waals surface area contributed by atoms with Crippen molar-refractivity contribution in [3.63, 3.8) is 0 Å². The van der Waals surface area contributed by atoms with Crippen LogP contribution in [-0.2, 0) is 40.3 Å². The van der Waals surface area contributed by atoms with Crippen molar-refractivity contribution in [2.45, 2.75) is 83.1 Å². The quantitative estimate of drug-likeness (QED) is 0.121. The third kappa shape index (κ3) is 13.7. The number of hydrogen-bond donors (Lipinski definition) is 3. The second-order valence-corrected chi connectivity index (χ2v) is 16.5. The second kappa shape index (κ2) is 21.4. The highest BCUT2D eigenvalue weighted by Gasteiger charge is 2.30. The van der Waals surface area contributed by atoms with Crippen molar-refractivity contribution < 1.29 is 23.9 Å². The molecule has 1 aliphatic heterocycles. The SMILES string of the molecule is CC(C)c1nc(CN(C)C(=O)N[C@@H](CC(=O)N2CCN(C)CC2)C(=O)N[C@H](CC[C@H](Cc2ccccc2)NC(=O)OCc2cncs2)Cc2ccccc2)cs1. The third-order valence-electron chi connectivity index (χ3n) is 9.67. The van der Waals surface area contributed by atoms with Crippen LogP contribution in [0.2, 0.25) is 0 Å². The highest BCUT2D eigenvalue weighted by atomic mass is 32.1. The number of amides is 5. The zero-order valence-corrected chi connectivity index (χ0v) is 34.3. The zero-order valence-electron chi connectivity index (χ0n) is 32.7. The molecule has 4 aromatic rings. The number of piperazine rings is 1. The van der Waals surface area contributed by atoms with Crippen molar-refractivity contribution in [2.24, 2.45) is 0 Å². The van der Waals surface area contributed by atoms with E-state index in [1.165, 1.54) is 16.2 Å². The largest absolute Gasteiger partial charge is 0.444 e. The predicted molar refractivity (Wildman–Crippen MR) is 219 cm³/mol. The van der Waals surface area contributed by atoms with Crippen LogP contribution in [0.3, 0.4) is 0 Å². The number of nitrogens with zero attached hydrogens (tertiary/aromatic N) is 5. The molecule has 3 heterocycles. The first-order valence-corrected chi connectivity index (χ1v) is 20.9. The molecule has 13 nitrogen and oxygen atoms in total. The van der Waals surface area contributed by atoms with Crippen molar-refractivity contribution >= 4 is 46.6 Å². The van der Waals surface area contributed by atoms with E-state index in [0.717, 1.165) is 39.8 Å². The summed E-state index contributed by atoms with van der Waals surface area (Å²) in [6.45, 7) is 7.11. The Kier molecular flexibility index (Phi) is 16.2. The van der Waals surface area contributed by atoms with E-state index < -0.39 is 24.1 Å². The average Bonchev–Trinajstić information content (AvgIpc) is 3.90. The molecule has 1 saturated heterocycles. The smallest absolute Gasteiger partial charge is 0.407 e. The van der Waals surface area contributed by atoms with Gasteiger partial charge in [0.25, 0.3) is 0 Å². The number of alkyl carbamates (subject to hydrolysis) is 1. The molecule has 5 amide bonds. The number of aromatic nitrogens is 2. The van der Waals surface area contributed by atoms with E-state index in [-0.39, 0.29) is 43.5 Å². The van der Waals surface area contributed by atoms with Crippen LogP contribution in [0.1, 0.15) is 65.7 Å². The summed E-state index contributed by atoms with van der Waals surface area (Å²) in [5.74, 6) is -0.355. The Bertz CT molecular complexity index is 1820. The summed E-state index contributed by atoms with van der Waals surface area (Å²) in [4.78, 5) is 69.5. The number of nitrogens with one attached hydrogen (secondary N) is 3. The van der Waals surface area contributed by atoms with Crippen LogP contribution < -0.4 is 16.0 Å². The molecule has 0 spiro atoms. The highest BCUT2D eigenvalue weighted by Crippen LogP contribution is 2.20. The lowest BCUT2D eigenvalue weighted by Gasteiger charge is -2.33. The number of carbonyl (C=O) groups is 4. The fourth-order valence-electron chi connectivity index (χ4n) is 6.41. The Morgan fingerprint density at radius 1 is 0.857 bits per heavy atom. The summed E-state index contributed by atoms with van der Waals surface area (Å²) in [5.41, 5.74) is 4.53. The Morgan fingerprint density at radius 2 is 1.48 bits per heavy atom.